The average Bonchev–Trinajstić information content (AvgIpc) is 2.41. The maximum absolute atomic E-state index is 13.4. The molecule has 0 saturated heterocycles. The van der Waals surface area contributed by atoms with Crippen LogP contribution in [0.15, 0.2) is 24.4 Å². The Morgan fingerprint density at radius 3 is 2.55 bits per heavy atom. The van der Waals surface area contributed by atoms with E-state index in [1.165, 1.54) is 0 Å². The summed E-state index contributed by atoms with van der Waals surface area (Å²) in [6, 6.07) is 2.13. The second-order valence-electron chi connectivity index (χ2n) is 4.07. The van der Waals surface area contributed by atoms with Gasteiger partial charge in [0.15, 0.2) is 5.69 Å². The second kappa shape index (κ2) is 5.54. The quantitative estimate of drug-likeness (QED) is 0.834. The number of nitrogen functional groups attached to an aromatic ring is 1. The molecular formula is C12H7F5N4O. The van der Waals surface area contributed by atoms with Crippen LogP contribution < -0.4 is 11.1 Å². The van der Waals surface area contributed by atoms with Crippen LogP contribution in [0, 0.1) is 11.6 Å². The molecule has 1 heterocycles. The molecule has 5 nitrogen and oxygen atoms in total. The van der Waals surface area contributed by atoms with Crippen molar-refractivity contribution in [3.8, 4) is 0 Å². The summed E-state index contributed by atoms with van der Waals surface area (Å²) in [5.74, 6) is -3.92. The van der Waals surface area contributed by atoms with Crippen LogP contribution in [-0.2, 0) is 6.18 Å². The minimum absolute atomic E-state index is 0.553. The molecule has 0 radical (unpaired) electrons. The number of nitrogens with zero attached hydrogens (tertiary/aromatic N) is 2. The third-order valence-electron chi connectivity index (χ3n) is 2.50. The summed E-state index contributed by atoms with van der Waals surface area (Å²) in [5.41, 5.74) is 1.90. The highest BCUT2D eigenvalue weighted by Crippen LogP contribution is 2.31. The van der Waals surface area contributed by atoms with E-state index in [0.717, 1.165) is 12.1 Å². The third-order valence-corrected chi connectivity index (χ3v) is 2.50. The van der Waals surface area contributed by atoms with Crippen molar-refractivity contribution in [3.63, 3.8) is 0 Å². The monoisotopic (exact) mass is 318 g/mol. The largest absolute Gasteiger partial charge is 0.434 e. The van der Waals surface area contributed by atoms with E-state index in [0.29, 0.717) is 12.3 Å². The number of halogens is 5. The molecule has 0 spiro atoms. The van der Waals surface area contributed by atoms with Crippen molar-refractivity contribution < 1.29 is 26.7 Å². The first-order chi connectivity index (χ1) is 10.2. The van der Waals surface area contributed by atoms with Gasteiger partial charge in [0, 0.05) is 12.3 Å². The predicted molar refractivity (Wildman–Crippen MR) is 65.8 cm³/mol. The first kappa shape index (κ1) is 15.6. The van der Waals surface area contributed by atoms with Crippen molar-refractivity contribution in [2.45, 2.75) is 6.18 Å². The van der Waals surface area contributed by atoms with Gasteiger partial charge in [-0.05, 0) is 12.1 Å². The number of rotatable bonds is 2. The van der Waals surface area contributed by atoms with Crippen molar-refractivity contribution in [3.05, 3.63) is 47.3 Å². The Bertz CT molecular complexity index is 732. The van der Waals surface area contributed by atoms with Crippen LogP contribution in [0.25, 0.3) is 0 Å². The molecule has 0 atom stereocenters. The highest BCUT2D eigenvalue weighted by molar-refractivity contribution is 6.05. The first-order valence-corrected chi connectivity index (χ1v) is 5.64. The van der Waals surface area contributed by atoms with Crippen LogP contribution in [0.4, 0.5) is 33.6 Å². The summed E-state index contributed by atoms with van der Waals surface area (Å²) >= 11 is 0. The number of hydrogen-bond donors (Lipinski definition) is 2. The molecule has 0 unspecified atom stereocenters. The molecule has 0 saturated carbocycles. The van der Waals surface area contributed by atoms with Crippen molar-refractivity contribution in [2.24, 2.45) is 0 Å². The zero-order valence-corrected chi connectivity index (χ0v) is 10.6. The van der Waals surface area contributed by atoms with E-state index in [1.54, 1.807) is 0 Å². The normalized spacial score (nSPS) is 11.3. The number of alkyl halides is 3. The van der Waals surface area contributed by atoms with E-state index >= 15 is 0 Å². The van der Waals surface area contributed by atoms with Gasteiger partial charge >= 0.3 is 6.18 Å². The highest BCUT2D eigenvalue weighted by atomic mass is 19.4. The number of benzene rings is 1. The van der Waals surface area contributed by atoms with Crippen LogP contribution in [0.1, 0.15) is 16.1 Å². The summed E-state index contributed by atoms with van der Waals surface area (Å²) in [4.78, 5) is 18.1. The number of aromatic nitrogens is 2. The Morgan fingerprint density at radius 1 is 1.23 bits per heavy atom. The Kier molecular flexibility index (Phi) is 3.93. The van der Waals surface area contributed by atoms with E-state index in [9.17, 15) is 26.7 Å². The van der Waals surface area contributed by atoms with Gasteiger partial charge in [0.2, 0.25) is 5.95 Å². The molecule has 116 valence electrons. The number of carbonyl (C=O) groups is 1. The van der Waals surface area contributed by atoms with Crippen LogP contribution in [0.3, 0.4) is 0 Å². The fourth-order valence-corrected chi connectivity index (χ4v) is 1.56. The van der Waals surface area contributed by atoms with E-state index in [1.807, 2.05) is 5.32 Å². The molecule has 1 amide bonds. The first-order valence-electron chi connectivity index (χ1n) is 5.64. The third kappa shape index (κ3) is 3.27. The molecule has 0 aliphatic rings. The lowest BCUT2D eigenvalue weighted by molar-refractivity contribution is -0.141. The highest BCUT2D eigenvalue weighted by Gasteiger charge is 2.38. The summed E-state index contributed by atoms with van der Waals surface area (Å²) in [5, 5.41) is 1.82. The fraction of sp³-hybridized carbons (Fsp3) is 0.0833. The molecular weight excluding hydrogens is 311 g/mol. The van der Waals surface area contributed by atoms with Crippen LogP contribution in [-0.4, -0.2) is 15.9 Å². The molecule has 2 aromatic rings. The molecule has 1 aromatic carbocycles. The lowest BCUT2D eigenvalue weighted by Crippen LogP contribution is -2.22. The Balaban J connectivity index is 2.40. The zero-order valence-electron chi connectivity index (χ0n) is 10.6. The minimum atomic E-state index is -4.97. The summed E-state index contributed by atoms with van der Waals surface area (Å²) in [7, 11) is 0. The van der Waals surface area contributed by atoms with Crippen LogP contribution in [0.5, 0.6) is 0 Å². The van der Waals surface area contributed by atoms with Gasteiger partial charge in [0.05, 0.1) is 11.3 Å². The number of nitrogens with two attached hydrogens (primary N) is 1. The van der Waals surface area contributed by atoms with Crippen molar-refractivity contribution in [1.29, 1.82) is 0 Å². The Labute approximate surface area is 120 Å². The maximum atomic E-state index is 13.4. The van der Waals surface area contributed by atoms with E-state index in [2.05, 4.69) is 9.97 Å². The lowest BCUT2D eigenvalue weighted by Gasteiger charge is -2.12. The molecule has 22 heavy (non-hydrogen) atoms. The molecule has 0 fully saturated rings. The molecule has 0 aliphatic heterocycles. The molecule has 10 heteroatoms. The molecule has 1 aromatic heterocycles. The van der Waals surface area contributed by atoms with Gasteiger partial charge in [0.25, 0.3) is 5.91 Å². The van der Waals surface area contributed by atoms with E-state index in [4.69, 9.17) is 5.73 Å². The standard InChI is InChI=1S/C12H7F5N4O/c13-5-1-2-7(14)8(3-5)20-10(22)6-4-19-11(18)21-9(6)12(15,16)17/h1-4H,(H,20,22)(H2,18,19,21). The summed E-state index contributed by atoms with van der Waals surface area (Å²) in [6.07, 6.45) is -4.41. The lowest BCUT2D eigenvalue weighted by atomic mass is 10.2. The second-order valence-corrected chi connectivity index (χ2v) is 4.07. The average molecular weight is 318 g/mol. The van der Waals surface area contributed by atoms with Gasteiger partial charge < -0.3 is 11.1 Å². The SMILES string of the molecule is Nc1ncc(C(=O)Nc2cc(F)ccc2F)c(C(F)(F)F)n1. The van der Waals surface area contributed by atoms with Crippen molar-refractivity contribution in [1.82, 2.24) is 9.97 Å². The predicted octanol–water partition coefficient (Wildman–Crippen LogP) is 2.61. The number of amides is 1. The van der Waals surface area contributed by atoms with Gasteiger partial charge in [-0.1, -0.05) is 0 Å². The molecule has 0 aliphatic carbocycles. The Morgan fingerprint density at radius 2 is 1.91 bits per heavy atom. The maximum Gasteiger partial charge on any atom is 0.434 e. The van der Waals surface area contributed by atoms with Gasteiger partial charge in [0.1, 0.15) is 11.6 Å². The zero-order chi connectivity index (χ0) is 16.5. The number of hydrogen-bond acceptors (Lipinski definition) is 4. The van der Waals surface area contributed by atoms with Gasteiger partial charge in [-0.25, -0.2) is 18.7 Å². The van der Waals surface area contributed by atoms with Crippen LogP contribution >= 0.6 is 0 Å². The smallest absolute Gasteiger partial charge is 0.368 e. The molecule has 3 N–H and O–H groups in total. The minimum Gasteiger partial charge on any atom is -0.368 e. The number of nitrogens with one attached hydrogen (secondary N) is 1. The molecule has 0 bridgehead atoms. The van der Waals surface area contributed by atoms with Gasteiger partial charge in [-0.3, -0.25) is 4.79 Å². The van der Waals surface area contributed by atoms with Crippen LogP contribution in [0.2, 0.25) is 0 Å². The number of anilines is 2. The fourth-order valence-electron chi connectivity index (χ4n) is 1.56. The van der Waals surface area contributed by atoms with Crippen molar-refractivity contribution >= 4 is 17.5 Å². The molecule has 2 rings (SSSR count). The summed E-state index contributed by atoms with van der Waals surface area (Å²) < 4.78 is 64.8. The van der Waals surface area contributed by atoms with E-state index in [-0.39, 0.29) is 0 Å². The van der Waals surface area contributed by atoms with E-state index < -0.39 is 46.6 Å². The topological polar surface area (TPSA) is 80.9 Å². The van der Waals surface area contributed by atoms with Gasteiger partial charge in [-0.15, -0.1) is 0 Å². The summed E-state index contributed by atoms with van der Waals surface area (Å²) in [6.45, 7) is 0. The number of carbonyl (C=O) groups excluding carboxylic acids is 1. The van der Waals surface area contributed by atoms with Gasteiger partial charge in [-0.2, -0.15) is 13.2 Å². The van der Waals surface area contributed by atoms with Crippen molar-refractivity contribution in [2.75, 3.05) is 11.1 Å². The Hall–Kier alpha value is -2.78.